The van der Waals surface area contributed by atoms with E-state index in [1.165, 1.54) is 63.5 Å². The van der Waals surface area contributed by atoms with Gasteiger partial charge in [-0.25, -0.2) is 0 Å². The SMILES string of the molecule is [O-]c1cccc(Cl)c1C=NCCCCCCCCCCCCN=Cc1c([O-])cccc1Cl.[Pt+2]. The summed E-state index contributed by atoms with van der Waals surface area (Å²) in [5.74, 6) is -0.159. The molecule has 4 nitrogen and oxygen atoms in total. The van der Waals surface area contributed by atoms with Crippen LogP contribution >= 0.6 is 23.2 Å². The molecule has 0 unspecified atom stereocenters. The molecular weight excluding hydrogens is 638 g/mol. The van der Waals surface area contributed by atoms with Crippen molar-refractivity contribution >= 4 is 35.6 Å². The van der Waals surface area contributed by atoms with Gasteiger partial charge in [-0.3, -0.25) is 9.98 Å². The van der Waals surface area contributed by atoms with E-state index < -0.39 is 0 Å². The Morgan fingerprint density at radius 2 is 0.909 bits per heavy atom. The van der Waals surface area contributed by atoms with E-state index in [1.807, 2.05) is 0 Å². The van der Waals surface area contributed by atoms with E-state index in [9.17, 15) is 10.2 Å². The van der Waals surface area contributed by atoms with E-state index in [0.717, 1.165) is 25.9 Å². The summed E-state index contributed by atoms with van der Waals surface area (Å²) in [6, 6.07) is 9.76. The summed E-state index contributed by atoms with van der Waals surface area (Å²) in [5.41, 5.74) is 0.969. The molecule has 0 heterocycles. The second-order valence-corrected chi connectivity index (χ2v) is 8.72. The van der Waals surface area contributed by atoms with Gasteiger partial charge in [-0.15, -0.1) is 0 Å². The van der Waals surface area contributed by atoms with E-state index in [-0.39, 0.29) is 32.6 Å². The Morgan fingerprint density at radius 3 is 1.24 bits per heavy atom. The minimum Gasteiger partial charge on any atom is -0.872 e. The summed E-state index contributed by atoms with van der Waals surface area (Å²) in [6.07, 6.45) is 15.2. The second kappa shape index (κ2) is 18.0. The first-order valence-electron chi connectivity index (χ1n) is 11.5. The van der Waals surface area contributed by atoms with Crippen molar-refractivity contribution in [2.24, 2.45) is 9.98 Å². The smallest absolute Gasteiger partial charge is 0.872 e. The van der Waals surface area contributed by atoms with Crippen molar-refractivity contribution in [3.8, 4) is 11.5 Å². The molecule has 0 amide bonds. The molecule has 0 aliphatic carbocycles. The van der Waals surface area contributed by atoms with Crippen molar-refractivity contribution in [3.05, 3.63) is 57.6 Å². The monoisotopic (exact) mass is 669 g/mol. The first-order valence-corrected chi connectivity index (χ1v) is 12.3. The standard InChI is InChI=1S/C26H34Cl2N2O2.Pt/c27-23-13-11-15-25(31)21(23)19-29-17-9-7-5-3-1-2-4-6-8-10-18-30-20-22-24(28)14-12-16-26(22)32;/h11-16,19-20,31-32H,1-10,17-18H2;/q;+2/p-2. The fourth-order valence-electron chi connectivity index (χ4n) is 3.42. The Labute approximate surface area is 222 Å². The van der Waals surface area contributed by atoms with Crippen molar-refractivity contribution in [2.45, 2.75) is 64.2 Å². The number of hydrogen-bond acceptors (Lipinski definition) is 4. The van der Waals surface area contributed by atoms with Crippen LogP contribution in [-0.4, -0.2) is 25.5 Å². The van der Waals surface area contributed by atoms with Gasteiger partial charge in [0.1, 0.15) is 0 Å². The molecule has 33 heavy (non-hydrogen) atoms. The first kappa shape index (κ1) is 29.7. The van der Waals surface area contributed by atoms with Crippen LogP contribution in [0.4, 0.5) is 0 Å². The third kappa shape index (κ3) is 12.1. The molecule has 0 bridgehead atoms. The van der Waals surface area contributed by atoms with Gasteiger partial charge >= 0.3 is 21.1 Å². The first-order chi connectivity index (χ1) is 15.6. The molecule has 0 radical (unpaired) electrons. The molecule has 0 aliphatic heterocycles. The molecule has 0 saturated carbocycles. The molecule has 0 spiro atoms. The van der Waals surface area contributed by atoms with Gasteiger partial charge in [-0.05, 0) is 25.0 Å². The zero-order valence-electron chi connectivity index (χ0n) is 18.9. The molecule has 0 saturated heterocycles. The quantitative estimate of drug-likeness (QED) is 0.159. The number of halogens is 2. The third-order valence-electron chi connectivity index (χ3n) is 5.29. The molecular formula is C26H32Cl2N2O2Pt. The normalized spacial score (nSPS) is 11.3. The predicted molar refractivity (Wildman–Crippen MR) is 133 cm³/mol. The topological polar surface area (TPSA) is 70.8 Å². The molecule has 0 fully saturated rings. The summed E-state index contributed by atoms with van der Waals surface area (Å²) in [6.45, 7) is 1.47. The van der Waals surface area contributed by atoms with Crippen molar-refractivity contribution in [3.63, 3.8) is 0 Å². The maximum atomic E-state index is 11.7. The van der Waals surface area contributed by atoms with E-state index >= 15 is 0 Å². The largest absolute Gasteiger partial charge is 2.00 e. The number of unbranched alkanes of at least 4 members (excludes halogenated alkanes) is 9. The zero-order chi connectivity index (χ0) is 23.0. The summed E-state index contributed by atoms with van der Waals surface area (Å²) in [4.78, 5) is 8.67. The summed E-state index contributed by atoms with van der Waals surface area (Å²) >= 11 is 12.0. The van der Waals surface area contributed by atoms with Gasteiger partial charge in [0.05, 0.1) is 0 Å². The van der Waals surface area contributed by atoms with E-state index in [1.54, 1.807) is 36.7 Å². The average Bonchev–Trinajstić information content (AvgIpc) is 2.77. The van der Waals surface area contributed by atoms with Gasteiger partial charge in [-0.1, -0.05) is 110 Å². The Kier molecular flexibility index (Phi) is 16.2. The number of aliphatic imine (C=N–C) groups is 2. The number of benzene rings is 2. The van der Waals surface area contributed by atoms with Gasteiger partial charge in [0.2, 0.25) is 0 Å². The van der Waals surface area contributed by atoms with Crippen LogP contribution in [0.1, 0.15) is 75.3 Å². The molecule has 2 rings (SSSR count). The third-order valence-corrected chi connectivity index (χ3v) is 5.95. The van der Waals surface area contributed by atoms with Gasteiger partial charge in [0.25, 0.3) is 0 Å². The van der Waals surface area contributed by atoms with Crippen LogP contribution in [0.25, 0.3) is 0 Å². The Bertz CT molecular complexity index is 763. The van der Waals surface area contributed by atoms with E-state index in [0.29, 0.717) is 21.2 Å². The molecule has 7 heteroatoms. The Balaban J connectivity index is 0.00000544. The van der Waals surface area contributed by atoms with Crippen molar-refractivity contribution < 1.29 is 31.3 Å². The Hall–Kier alpha value is -1.35. The molecule has 182 valence electrons. The van der Waals surface area contributed by atoms with Crippen LogP contribution in [-0.2, 0) is 21.1 Å². The van der Waals surface area contributed by atoms with E-state index in [4.69, 9.17) is 23.2 Å². The summed E-state index contributed by atoms with van der Waals surface area (Å²) in [7, 11) is 0. The molecule has 0 aliphatic rings. The van der Waals surface area contributed by atoms with Crippen LogP contribution in [0, 0.1) is 0 Å². The van der Waals surface area contributed by atoms with Crippen LogP contribution < -0.4 is 10.2 Å². The van der Waals surface area contributed by atoms with Crippen LogP contribution in [0.2, 0.25) is 10.0 Å². The van der Waals surface area contributed by atoms with Gasteiger partial charge in [0, 0.05) is 46.7 Å². The molecule has 2 aromatic carbocycles. The van der Waals surface area contributed by atoms with Gasteiger partial charge in [0.15, 0.2) is 0 Å². The molecule has 2 aromatic rings. The molecule has 0 atom stereocenters. The summed E-state index contributed by atoms with van der Waals surface area (Å²) < 4.78 is 0. The number of nitrogens with zero attached hydrogens (tertiary/aromatic N) is 2. The maximum Gasteiger partial charge on any atom is 2.00 e. The van der Waals surface area contributed by atoms with Gasteiger partial charge < -0.3 is 10.2 Å². The van der Waals surface area contributed by atoms with Crippen molar-refractivity contribution in [1.29, 1.82) is 0 Å². The van der Waals surface area contributed by atoms with Crippen molar-refractivity contribution in [2.75, 3.05) is 13.1 Å². The minimum absolute atomic E-state index is 0. The van der Waals surface area contributed by atoms with Crippen LogP contribution in [0.15, 0.2) is 46.4 Å². The fraction of sp³-hybridized carbons (Fsp3) is 0.462. The predicted octanol–water partition coefficient (Wildman–Crippen LogP) is 6.58. The van der Waals surface area contributed by atoms with Crippen LogP contribution in [0.3, 0.4) is 0 Å². The molecule has 0 aromatic heterocycles. The molecule has 0 N–H and O–H groups in total. The number of rotatable bonds is 15. The average molecular weight is 671 g/mol. The van der Waals surface area contributed by atoms with Gasteiger partial charge in [-0.2, -0.15) is 0 Å². The second-order valence-electron chi connectivity index (χ2n) is 7.91. The summed E-state index contributed by atoms with van der Waals surface area (Å²) in [5, 5.41) is 24.3. The van der Waals surface area contributed by atoms with E-state index in [2.05, 4.69) is 9.98 Å². The Morgan fingerprint density at radius 1 is 0.576 bits per heavy atom. The van der Waals surface area contributed by atoms with Crippen LogP contribution in [0.5, 0.6) is 11.5 Å². The maximum absolute atomic E-state index is 11.7. The minimum atomic E-state index is -0.0797. The fourth-order valence-corrected chi connectivity index (χ4v) is 3.85. The van der Waals surface area contributed by atoms with Crippen molar-refractivity contribution in [1.82, 2.24) is 0 Å². The number of hydrogen-bond donors (Lipinski definition) is 0. The zero-order valence-corrected chi connectivity index (χ0v) is 22.7.